The zero-order chi connectivity index (χ0) is 15.0. The van der Waals surface area contributed by atoms with E-state index in [1.54, 1.807) is 12.1 Å². The molecule has 0 amide bonds. The Labute approximate surface area is 126 Å². The normalized spacial score (nSPS) is 30.5. The van der Waals surface area contributed by atoms with Gasteiger partial charge >= 0.3 is 0 Å². The average molecular weight is 290 g/mol. The third-order valence-corrected chi connectivity index (χ3v) is 5.33. The molecule has 3 N–H and O–H groups in total. The van der Waals surface area contributed by atoms with E-state index >= 15 is 0 Å². The molecule has 2 aliphatic heterocycles. The second kappa shape index (κ2) is 5.85. The smallest absolute Gasteiger partial charge is 0.119 e. The zero-order valence-electron chi connectivity index (χ0n) is 12.9. The maximum Gasteiger partial charge on any atom is 0.119 e. The van der Waals surface area contributed by atoms with Crippen LogP contribution in [0.25, 0.3) is 0 Å². The molecule has 2 saturated heterocycles. The molecule has 0 saturated carbocycles. The van der Waals surface area contributed by atoms with Crippen LogP contribution >= 0.6 is 0 Å². The van der Waals surface area contributed by atoms with Gasteiger partial charge in [-0.2, -0.15) is 0 Å². The predicted octanol–water partition coefficient (Wildman–Crippen LogP) is 2.62. The van der Waals surface area contributed by atoms with Gasteiger partial charge in [0.05, 0.1) is 0 Å². The summed E-state index contributed by atoms with van der Waals surface area (Å²) < 4.78 is 0. The highest BCUT2D eigenvalue weighted by atomic mass is 16.3. The van der Waals surface area contributed by atoms with E-state index in [1.807, 2.05) is 0 Å². The summed E-state index contributed by atoms with van der Waals surface area (Å²) in [6.45, 7) is 3.09. The lowest BCUT2D eigenvalue weighted by Crippen LogP contribution is -2.42. The standard InChI is InChI=1S/C17H26N2O2/c1-11(13-7-16(20)9-17(21)8-13)18-10-12-5-14-3-4-15(6-12)19(14)2/h7-9,11-12,14-15,18,20-21H,3-6,10H2,1-2H3. The van der Waals surface area contributed by atoms with Gasteiger partial charge in [-0.3, -0.25) is 0 Å². The first-order chi connectivity index (χ1) is 10.0. The molecule has 2 fully saturated rings. The number of rotatable bonds is 4. The summed E-state index contributed by atoms with van der Waals surface area (Å²) in [7, 11) is 2.27. The molecule has 3 atom stereocenters. The van der Waals surface area contributed by atoms with Crippen molar-refractivity contribution in [3.8, 4) is 11.5 Å². The number of hydrogen-bond acceptors (Lipinski definition) is 4. The largest absolute Gasteiger partial charge is 0.508 e. The van der Waals surface area contributed by atoms with Gasteiger partial charge in [0.1, 0.15) is 11.5 Å². The van der Waals surface area contributed by atoms with Crippen molar-refractivity contribution < 1.29 is 10.2 Å². The van der Waals surface area contributed by atoms with Crippen molar-refractivity contribution in [2.45, 2.75) is 50.7 Å². The zero-order valence-corrected chi connectivity index (χ0v) is 12.9. The molecule has 2 heterocycles. The van der Waals surface area contributed by atoms with Crippen LogP contribution in [-0.4, -0.2) is 40.8 Å². The van der Waals surface area contributed by atoms with Crippen LogP contribution in [0.2, 0.25) is 0 Å². The Bertz CT molecular complexity index is 471. The summed E-state index contributed by atoms with van der Waals surface area (Å²) >= 11 is 0. The average Bonchev–Trinajstić information content (AvgIpc) is 2.65. The molecule has 2 bridgehead atoms. The van der Waals surface area contributed by atoms with E-state index in [-0.39, 0.29) is 17.5 Å². The van der Waals surface area contributed by atoms with E-state index in [0.717, 1.165) is 30.1 Å². The molecule has 2 aliphatic rings. The molecule has 1 aromatic carbocycles. The molecule has 3 unspecified atom stereocenters. The lowest BCUT2D eigenvalue weighted by atomic mass is 9.90. The van der Waals surface area contributed by atoms with Gasteiger partial charge in [-0.1, -0.05) is 0 Å². The Morgan fingerprint density at radius 3 is 2.29 bits per heavy atom. The van der Waals surface area contributed by atoms with Gasteiger partial charge < -0.3 is 20.4 Å². The van der Waals surface area contributed by atoms with Crippen LogP contribution in [0.5, 0.6) is 11.5 Å². The minimum atomic E-state index is 0.121. The predicted molar refractivity (Wildman–Crippen MR) is 83.5 cm³/mol. The molecule has 4 heteroatoms. The molecule has 1 aromatic rings. The molecule has 0 aliphatic carbocycles. The first-order valence-electron chi connectivity index (χ1n) is 8.01. The van der Waals surface area contributed by atoms with Crippen LogP contribution in [-0.2, 0) is 0 Å². The van der Waals surface area contributed by atoms with E-state index in [0.29, 0.717) is 0 Å². The van der Waals surface area contributed by atoms with E-state index in [1.165, 1.54) is 31.7 Å². The van der Waals surface area contributed by atoms with Gasteiger partial charge in [-0.15, -0.1) is 0 Å². The summed E-state index contributed by atoms with van der Waals surface area (Å²) in [5.74, 6) is 0.985. The second-order valence-electron chi connectivity index (χ2n) is 6.80. The number of hydrogen-bond donors (Lipinski definition) is 3. The lowest BCUT2D eigenvalue weighted by molar-refractivity contribution is 0.131. The Balaban J connectivity index is 1.55. The topological polar surface area (TPSA) is 55.7 Å². The summed E-state index contributed by atoms with van der Waals surface area (Å²) in [6, 6.07) is 6.49. The number of phenols is 2. The van der Waals surface area contributed by atoms with Crippen molar-refractivity contribution in [1.82, 2.24) is 10.2 Å². The van der Waals surface area contributed by atoms with Crippen LogP contribution in [0.1, 0.15) is 44.2 Å². The number of benzene rings is 1. The third-order valence-electron chi connectivity index (χ3n) is 5.33. The molecule has 21 heavy (non-hydrogen) atoms. The summed E-state index contributed by atoms with van der Waals surface area (Å²) in [4.78, 5) is 2.56. The van der Waals surface area contributed by atoms with Gasteiger partial charge in [0.25, 0.3) is 0 Å². The summed E-state index contributed by atoms with van der Waals surface area (Å²) in [5, 5.41) is 22.7. The SMILES string of the molecule is CC(NCC1CC2CCC(C1)N2C)c1cc(O)cc(O)c1. The van der Waals surface area contributed by atoms with E-state index in [4.69, 9.17) is 0 Å². The summed E-state index contributed by atoms with van der Waals surface area (Å²) in [6.07, 6.45) is 5.29. The molecule has 4 nitrogen and oxygen atoms in total. The highest BCUT2D eigenvalue weighted by Crippen LogP contribution is 2.37. The maximum atomic E-state index is 9.57. The maximum absolute atomic E-state index is 9.57. The highest BCUT2D eigenvalue weighted by molar-refractivity contribution is 5.37. The van der Waals surface area contributed by atoms with Crippen molar-refractivity contribution in [3.05, 3.63) is 23.8 Å². The van der Waals surface area contributed by atoms with E-state index in [9.17, 15) is 10.2 Å². The number of nitrogens with one attached hydrogen (secondary N) is 1. The molecule has 0 spiro atoms. The molecular formula is C17H26N2O2. The van der Waals surface area contributed by atoms with Crippen LogP contribution in [0.3, 0.4) is 0 Å². The lowest BCUT2D eigenvalue weighted by Gasteiger charge is -2.36. The van der Waals surface area contributed by atoms with Crippen molar-refractivity contribution >= 4 is 0 Å². The Hall–Kier alpha value is -1.26. The van der Waals surface area contributed by atoms with Crippen molar-refractivity contribution in [2.24, 2.45) is 5.92 Å². The highest BCUT2D eigenvalue weighted by Gasteiger charge is 2.38. The minimum Gasteiger partial charge on any atom is -0.508 e. The number of fused-ring (bicyclic) bond motifs is 2. The molecule has 3 rings (SSSR count). The Morgan fingerprint density at radius 1 is 1.14 bits per heavy atom. The molecule has 0 aromatic heterocycles. The fourth-order valence-electron chi connectivity index (χ4n) is 4.02. The fourth-order valence-corrected chi connectivity index (χ4v) is 4.02. The van der Waals surface area contributed by atoms with Crippen molar-refractivity contribution in [2.75, 3.05) is 13.6 Å². The van der Waals surface area contributed by atoms with Gasteiger partial charge in [0.15, 0.2) is 0 Å². The first-order valence-corrected chi connectivity index (χ1v) is 8.01. The summed E-state index contributed by atoms with van der Waals surface area (Å²) in [5.41, 5.74) is 0.934. The van der Waals surface area contributed by atoms with Gasteiger partial charge in [-0.05, 0) is 69.8 Å². The van der Waals surface area contributed by atoms with Gasteiger partial charge in [-0.25, -0.2) is 0 Å². The third kappa shape index (κ3) is 3.16. The van der Waals surface area contributed by atoms with Crippen molar-refractivity contribution in [3.63, 3.8) is 0 Å². The van der Waals surface area contributed by atoms with Crippen LogP contribution in [0, 0.1) is 5.92 Å². The number of nitrogens with zero attached hydrogens (tertiary/aromatic N) is 1. The first kappa shape index (κ1) is 14.7. The second-order valence-corrected chi connectivity index (χ2v) is 6.80. The number of phenolic OH excluding ortho intramolecular Hbond substituents is 2. The Kier molecular flexibility index (Phi) is 4.09. The minimum absolute atomic E-state index is 0.121. The van der Waals surface area contributed by atoms with Crippen LogP contribution in [0.4, 0.5) is 0 Å². The van der Waals surface area contributed by atoms with Crippen molar-refractivity contribution in [1.29, 1.82) is 0 Å². The Morgan fingerprint density at radius 2 is 1.71 bits per heavy atom. The van der Waals surface area contributed by atoms with E-state index < -0.39 is 0 Å². The van der Waals surface area contributed by atoms with Crippen LogP contribution in [0.15, 0.2) is 18.2 Å². The number of piperidine rings is 1. The van der Waals surface area contributed by atoms with Crippen LogP contribution < -0.4 is 5.32 Å². The molecular weight excluding hydrogens is 264 g/mol. The number of aromatic hydroxyl groups is 2. The quantitative estimate of drug-likeness (QED) is 0.798. The monoisotopic (exact) mass is 290 g/mol. The van der Waals surface area contributed by atoms with Gasteiger partial charge in [0, 0.05) is 24.2 Å². The van der Waals surface area contributed by atoms with Gasteiger partial charge in [0.2, 0.25) is 0 Å². The fraction of sp³-hybridized carbons (Fsp3) is 0.647. The molecule has 0 radical (unpaired) electrons. The van der Waals surface area contributed by atoms with E-state index in [2.05, 4.69) is 24.2 Å². The molecule has 116 valence electrons.